The van der Waals surface area contributed by atoms with Gasteiger partial charge in [-0.3, -0.25) is 9.20 Å². The van der Waals surface area contributed by atoms with Crippen molar-refractivity contribution in [1.82, 2.24) is 19.5 Å². The number of hydrogen-bond acceptors (Lipinski definition) is 4. The number of thiophene rings is 1. The normalized spacial score (nSPS) is 17.1. The van der Waals surface area contributed by atoms with Crippen molar-refractivity contribution in [3.8, 4) is 0 Å². The molecule has 1 unspecified atom stereocenters. The molecule has 0 bridgehead atoms. The molecule has 1 atom stereocenters. The SMILES string of the molecule is CN(Cc1nnc2ccccn12)C(=O)c1cc2c(s1)CCC(C(C)(C)C)C2. The maximum Gasteiger partial charge on any atom is 0.264 e. The van der Waals surface area contributed by atoms with Crippen LogP contribution in [0, 0.1) is 11.3 Å². The summed E-state index contributed by atoms with van der Waals surface area (Å²) in [5, 5.41) is 8.40. The smallest absolute Gasteiger partial charge is 0.264 e. The van der Waals surface area contributed by atoms with E-state index in [0.717, 1.165) is 29.2 Å². The fraction of sp³-hybridized carbons (Fsp3) is 0.476. The van der Waals surface area contributed by atoms with E-state index in [1.165, 1.54) is 16.9 Å². The molecule has 0 spiro atoms. The van der Waals surface area contributed by atoms with Gasteiger partial charge in [0.05, 0.1) is 11.4 Å². The monoisotopic (exact) mass is 382 g/mol. The van der Waals surface area contributed by atoms with Crippen molar-refractivity contribution < 1.29 is 4.79 Å². The second kappa shape index (κ2) is 6.75. The van der Waals surface area contributed by atoms with Crippen LogP contribution in [0.15, 0.2) is 30.5 Å². The number of nitrogens with zero attached hydrogens (tertiary/aromatic N) is 4. The number of hydrogen-bond donors (Lipinski definition) is 0. The lowest BCUT2D eigenvalue weighted by molar-refractivity contribution is 0.0786. The molecule has 0 saturated carbocycles. The Balaban J connectivity index is 1.51. The lowest BCUT2D eigenvalue weighted by Crippen LogP contribution is -2.26. The molecule has 1 aliphatic carbocycles. The van der Waals surface area contributed by atoms with E-state index in [1.807, 2.05) is 35.8 Å². The van der Waals surface area contributed by atoms with Crippen LogP contribution >= 0.6 is 11.3 Å². The summed E-state index contributed by atoms with van der Waals surface area (Å²) >= 11 is 1.67. The highest BCUT2D eigenvalue weighted by atomic mass is 32.1. The van der Waals surface area contributed by atoms with Crippen molar-refractivity contribution in [1.29, 1.82) is 0 Å². The van der Waals surface area contributed by atoms with E-state index in [1.54, 1.807) is 16.2 Å². The van der Waals surface area contributed by atoms with E-state index in [4.69, 9.17) is 0 Å². The molecule has 3 aromatic rings. The predicted octanol–water partition coefficient (Wildman–Crippen LogP) is 4.21. The average Bonchev–Trinajstić information content (AvgIpc) is 3.24. The van der Waals surface area contributed by atoms with E-state index >= 15 is 0 Å². The fourth-order valence-electron chi connectivity index (χ4n) is 3.84. The minimum Gasteiger partial charge on any atom is -0.333 e. The number of amides is 1. The summed E-state index contributed by atoms with van der Waals surface area (Å²) in [6.07, 6.45) is 5.32. The summed E-state index contributed by atoms with van der Waals surface area (Å²) in [4.78, 5) is 16.9. The van der Waals surface area contributed by atoms with Gasteiger partial charge in [-0.15, -0.1) is 21.5 Å². The number of rotatable bonds is 3. The van der Waals surface area contributed by atoms with Gasteiger partial charge in [0.1, 0.15) is 0 Å². The molecule has 0 radical (unpaired) electrons. The number of pyridine rings is 1. The van der Waals surface area contributed by atoms with Crippen LogP contribution in [0.25, 0.3) is 5.65 Å². The summed E-state index contributed by atoms with van der Waals surface area (Å²) < 4.78 is 1.93. The molecule has 0 N–H and O–H groups in total. The Labute approximate surface area is 164 Å². The molecule has 27 heavy (non-hydrogen) atoms. The number of aryl methyl sites for hydroxylation is 1. The van der Waals surface area contributed by atoms with Crippen molar-refractivity contribution >= 4 is 22.9 Å². The van der Waals surface area contributed by atoms with Gasteiger partial charge in [0, 0.05) is 18.1 Å². The Morgan fingerprint density at radius 2 is 2.15 bits per heavy atom. The minimum atomic E-state index is 0.0642. The van der Waals surface area contributed by atoms with Crippen LogP contribution in [0.1, 0.15) is 53.1 Å². The Bertz CT molecular complexity index is 982. The topological polar surface area (TPSA) is 50.5 Å². The Hall–Kier alpha value is -2.21. The highest BCUT2D eigenvalue weighted by molar-refractivity contribution is 7.14. The fourth-order valence-corrected chi connectivity index (χ4v) is 5.04. The summed E-state index contributed by atoms with van der Waals surface area (Å²) in [6, 6.07) is 7.92. The first-order valence-electron chi connectivity index (χ1n) is 9.48. The third kappa shape index (κ3) is 3.50. The minimum absolute atomic E-state index is 0.0642. The molecule has 4 rings (SSSR count). The third-order valence-corrected chi connectivity index (χ3v) is 6.85. The second-order valence-electron chi connectivity index (χ2n) is 8.57. The van der Waals surface area contributed by atoms with Gasteiger partial charge < -0.3 is 4.90 Å². The number of carbonyl (C=O) groups excluding carboxylic acids is 1. The molecular weight excluding hydrogens is 356 g/mol. The van der Waals surface area contributed by atoms with Crippen LogP contribution in [0.3, 0.4) is 0 Å². The van der Waals surface area contributed by atoms with Crippen LogP contribution in [0.5, 0.6) is 0 Å². The lowest BCUT2D eigenvalue weighted by Gasteiger charge is -2.33. The zero-order valence-electron chi connectivity index (χ0n) is 16.4. The zero-order chi connectivity index (χ0) is 19.2. The average molecular weight is 383 g/mol. The zero-order valence-corrected chi connectivity index (χ0v) is 17.2. The van der Waals surface area contributed by atoms with Crippen molar-refractivity contribution in [2.24, 2.45) is 11.3 Å². The van der Waals surface area contributed by atoms with Gasteiger partial charge in [0.2, 0.25) is 0 Å². The molecule has 3 aromatic heterocycles. The van der Waals surface area contributed by atoms with Crippen LogP contribution in [-0.4, -0.2) is 32.5 Å². The van der Waals surface area contributed by atoms with Crippen LogP contribution in [0.4, 0.5) is 0 Å². The summed E-state index contributed by atoms with van der Waals surface area (Å²) in [7, 11) is 1.84. The molecule has 6 heteroatoms. The van der Waals surface area contributed by atoms with Gasteiger partial charge in [-0.1, -0.05) is 26.8 Å². The van der Waals surface area contributed by atoms with E-state index in [0.29, 0.717) is 17.9 Å². The summed E-state index contributed by atoms with van der Waals surface area (Å²) in [5.74, 6) is 1.52. The number of carbonyl (C=O) groups is 1. The lowest BCUT2D eigenvalue weighted by atomic mass is 9.72. The van der Waals surface area contributed by atoms with Gasteiger partial charge in [-0.2, -0.15) is 0 Å². The first-order chi connectivity index (χ1) is 12.8. The van der Waals surface area contributed by atoms with Gasteiger partial charge in [-0.25, -0.2) is 0 Å². The molecule has 0 fully saturated rings. The van der Waals surface area contributed by atoms with Crippen LogP contribution in [0.2, 0.25) is 0 Å². The highest BCUT2D eigenvalue weighted by Gasteiger charge is 2.30. The van der Waals surface area contributed by atoms with Gasteiger partial charge >= 0.3 is 0 Å². The van der Waals surface area contributed by atoms with Crippen LogP contribution < -0.4 is 0 Å². The molecule has 5 nitrogen and oxygen atoms in total. The van der Waals surface area contributed by atoms with E-state index in [9.17, 15) is 4.79 Å². The van der Waals surface area contributed by atoms with E-state index in [-0.39, 0.29) is 5.91 Å². The molecule has 1 amide bonds. The highest BCUT2D eigenvalue weighted by Crippen LogP contribution is 2.40. The quantitative estimate of drug-likeness (QED) is 0.682. The molecule has 3 heterocycles. The van der Waals surface area contributed by atoms with Gasteiger partial charge in [0.25, 0.3) is 5.91 Å². The largest absolute Gasteiger partial charge is 0.333 e. The van der Waals surface area contributed by atoms with Gasteiger partial charge in [-0.05, 0) is 54.4 Å². The Kier molecular flexibility index (Phi) is 4.54. The Morgan fingerprint density at radius 3 is 2.93 bits per heavy atom. The molecule has 0 aromatic carbocycles. The first kappa shape index (κ1) is 18.2. The predicted molar refractivity (Wildman–Crippen MR) is 108 cm³/mol. The molecule has 1 aliphatic rings. The standard InChI is InChI=1S/C21H26N4OS/c1-21(2,3)15-8-9-16-14(11-15)12-17(27-16)20(26)24(4)13-19-23-22-18-7-5-6-10-25(18)19/h5-7,10,12,15H,8-9,11,13H2,1-4H3. The molecular formula is C21H26N4OS. The molecule has 142 valence electrons. The maximum absolute atomic E-state index is 13.0. The van der Waals surface area contributed by atoms with Crippen molar-refractivity contribution in [2.45, 2.75) is 46.6 Å². The molecule has 0 aliphatic heterocycles. The Morgan fingerprint density at radius 1 is 1.33 bits per heavy atom. The van der Waals surface area contributed by atoms with Crippen molar-refractivity contribution in [2.75, 3.05) is 7.05 Å². The number of aromatic nitrogens is 3. The third-order valence-electron chi connectivity index (χ3n) is 5.63. The maximum atomic E-state index is 13.0. The van der Waals surface area contributed by atoms with E-state index in [2.05, 4.69) is 37.0 Å². The van der Waals surface area contributed by atoms with E-state index < -0.39 is 0 Å². The number of fused-ring (bicyclic) bond motifs is 2. The summed E-state index contributed by atoms with van der Waals surface area (Å²) in [6.45, 7) is 7.39. The first-order valence-corrected chi connectivity index (χ1v) is 10.3. The second-order valence-corrected chi connectivity index (χ2v) is 9.71. The summed E-state index contributed by atoms with van der Waals surface area (Å²) in [5.41, 5.74) is 2.49. The van der Waals surface area contributed by atoms with Crippen molar-refractivity contribution in [3.05, 3.63) is 51.6 Å². The molecule has 0 saturated heterocycles. The van der Waals surface area contributed by atoms with Gasteiger partial charge in [0.15, 0.2) is 11.5 Å². The van der Waals surface area contributed by atoms with Crippen LogP contribution in [-0.2, 0) is 19.4 Å². The van der Waals surface area contributed by atoms with Crippen molar-refractivity contribution in [3.63, 3.8) is 0 Å².